The number of alkyl halides is 3. The maximum Gasteiger partial charge on any atom is 0.435 e. The fraction of sp³-hybridized carbons (Fsp3) is 0.188. The van der Waals surface area contributed by atoms with E-state index in [4.69, 9.17) is 21.8 Å². The number of ether oxygens (including phenoxy) is 1. The van der Waals surface area contributed by atoms with Crippen LogP contribution in [0.2, 0.25) is 0 Å². The Balaban J connectivity index is 2.87. The standard InChI is InChI=1S/C16H8F3N3O/c1-10-13(22-2)14(11(8-20)9-21)23-15(10,16(17,18)19)12-6-4-3-5-7-12/h3-7H,1H3. The Bertz CT molecular complexity index is 817. The number of rotatable bonds is 1. The predicted molar refractivity (Wildman–Crippen MR) is 72.8 cm³/mol. The zero-order valence-electron chi connectivity index (χ0n) is 11.8. The quantitative estimate of drug-likeness (QED) is 0.582. The Hall–Kier alpha value is -3.24. The van der Waals surface area contributed by atoms with Gasteiger partial charge in [0.25, 0.3) is 0 Å². The Morgan fingerprint density at radius 2 is 1.78 bits per heavy atom. The molecule has 114 valence electrons. The Labute approximate surface area is 130 Å². The van der Waals surface area contributed by atoms with E-state index in [2.05, 4.69) is 4.85 Å². The smallest absolute Gasteiger partial charge is 0.435 e. The van der Waals surface area contributed by atoms with Gasteiger partial charge in [0.1, 0.15) is 12.1 Å². The molecule has 0 spiro atoms. The minimum atomic E-state index is -4.88. The minimum Gasteiger partial charge on any atom is -0.479 e. The Kier molecular flexibility index (Phi) is 3.87. The van der Waals surface area contributed by atoms with Gasteiger partial charge in [0.05, 0.1) is 6.57 Å². The van der Waals surface area contributed by atoms with Gasteiger partial charge >= 0.3 is 6.18 Å². The van der Waals surface area contributed by atoms with E-state index in [1.165, 1.54) is 36.4 Å². The van der Waals surface area contributed by atoms with Crippen molar-refractivity contribution in [3.05, 3.63) is 69.9 Å². The summed E-state index contributed by atoms with van der Waals surface area (Å²) in [5.41, 5.74) is -4.65. The van der Waals surface area contributed by atoms with E-state index in [0.717, 1.165) is 6.92 Å². The van der Waals surface area contributed by atoms with Crippen LogP contribution in [-0.4, -0.2) is 6.18 Å². The summed E-state index contributed by atoms with van der Waals surface area (Å²) in [6.07, 6.45) is -4.88. The van der Waals surface area contributed by atoms with Gasteiger partial charge in [-0.05, 0) is 12.5 Å². The van der Waals surface area contributed by atoms with Crippen molar-refractivity contribution in [3.63, 3.8) is 0 Å². The summed E-state index contributed by atoms with van der Waals surface area (Å²) in [6, 6.07) is 9.75. The lowest BCUT2D eigenvalue weighted by Gasteiger charge is -2.33. The van der Waals surface area contributed by atoms with E-state index in [0.29, 0.717) is 0 Å². The zero-order chi connectivity index (χ0) is 17.3. The molecule has 7 heteroatoms. The highest BCUT2D eigenvalue weighted by molar-refractivity contribution is 5.56. The molecule has 23 heavy (non-hydrogen) atoms. The highest BCUT2D eigenvalue weighted by Crippen LogP contribution is 2.55. The van der Waals surface area contributed by atoms with E-state index in [1.807, 2.05) is 0 Å². The second-order valence-electron chi connectivity index (χ2n) is 4.66. The van der Waals surface area contributed by atoms with E-state index >= 15 is 0 Å². The van der Waals surface area contributed by atoms with Crippen LogP contribution in [0.15, 0.2) is 52.9 Å². The van der Waals surface area contributed by atoms with Crippen LogP contribution in [0.25, 0.3) is 4.85 Å². The van der Waals surface area contributed by atoms with Crippen LogP contribution in [0.5, 0.6) is 0 Å². The molecule has 1 aromatic carbocycles. The summed E-state index contributed by atoms with van der Waals surface area (Å²) in [4.78, 5) is 3.05. The number of nitrogens with zero attached hydrogens (tertiary/aromatic N) is 3. The van der Waals surface area contributed by atoms with Gasteiger partial charge in [0, 0.05) is 5.56 Å². The largest absolute Gasteiger partial charge is 0.479 e. The Morgan fingerprint density at radius 3 is 2.22 bits per heavy atom. The molecule has 1 unspecified atom stereocenters. The molecule has 0 aromatic heterocycles. The molecule has 2 rings (SSSR count). The summed E-state index contributed by atoms with van der Waals surface area (Å²) in [7, 11) is 0. The third-order valence-corrected chi connectivity index (χ3v) is 3.50. The van der Waals surface area contributed by atoms with Crippen molar-refractivity contribution >= 4 is 0 Å². The third kappa shape index (κ3) is 2.22. The van der Waals surface area contributed by atoms with Crippen molar-refractivity contribution in [3.8, 4) is 12.1 Å². The first-order valence-corrected chi connectivity index (χ1v) is 6.28. The average molecular weight is 315 g/mol. The maximum absolute atomic E-state index is 13.9. The molecule has 1 heterocycles. The molecule has 0 aliphatic carbocycles. The van der Waals surface area contributed by atoms with Crippen LogP contribution < -0.4 is 0 Å². The SMILES string of the molecule is [C-]#[N+]C1=C(C)C(c2ccccc2)(C(F)(F)F)OC1=C(C#N)C#N. The molecule has 1 aliphatic heterocycles. The number of hydrogen-bond donors (Lipinski definition) is 0. The van der Waals surface area contributed by atoms with Gasteiger partial charge in [-0.15, -0.1) is 0 Å². The zero-order valence-corrected chi connectivity index (χ0v) is 11.8. The summed E-state index contributed by atoms with van der Waals surface area (Å²) < 4.78 is 46.6. The second-order valence-corrected chi connectivity index (χ2v) is 4.66. The predicted octanol–water partition coefficient (Wildman–Crippen LogP) is 3.97. The number of halogens is 3. The van der Waals surface area contributed by atoms with Crippen molar-refractivity contribution in [1.29, 1.82) is 10.5 Å². The molecular weight excluding hydrogens is 307 g/mol. The summed E-state index contributed by atoms with van der Waals surface area (Å²) in [5.74, 6) is -0.635. The van der Waals surface area contributed by atoms with Crippen molar-refractivity contribution in [2.75, 3.05) is 0 Å². The topological polar surface area (TPSA) is 61.2 Å². The molecule has 0 bridgehead atoms. The van der Waals surface area contributed by atoms with Crippen LogP contribution >= 0.6 is 0 Å². The van der Waals surface area contributed by atoms with Crippen molar-refractivity contribution in [1.82, 2.24) is 0 Å². The molecule has 0 N–H and O–H groups in total. The van der Waals surface area contributed by atoms with E-state index in [-0.39, 0.29) is 5.56 Å². The van der Waals surface area contributed by atoms with Gasteiger partial charge in [-0.3, -0.25) is 0 Å². The van der Waals surface area contributed by atoms with E-state index in [9.17, 15) is 13.2 Å². The molecule has 0 saturated heterocycles. The molecule has 4 nitrogen and oxygen atoms in total. The lowest BCUT2D eigenvalue weighted by molar-refractivity contribution is -0.250. The summed E-state index contributed by atoms with van der Waals surface area (Å²) in [5, 5.41) is 17.8. The monoisotopic (exact) mass is 315 g/mol. The molecule has 1 aliphatic rings. The number of nitriles is 2. The lowest BCUT2D eigenvalue weighted by atomic mass is 9.86. The number of allylic oxidation sites excluding steroid dienone is 1. The molecular formula is C16H8F3N3O. The molecule has 0 fully saturated rings. The van der Waals surface area contributed by atoms with Gasteiger partial charge < -0.3 is 4.74 Å². The van der Waals surface area contributed by atoms with Crippen molar-refractivity contribution in [2.24, 2.45) is 0 Å². The first-order valence-electron chi connectivity index (χ1n) is 6.28. The van der Waals surface area contributed by atoms with Crippen molar-refractivity contribution < 1.29 is 17.9 Å². The fourth-order valence-electron chi connectivity index (χ4n) is 2.43. The highest BCUT2D eigenvalue weighted by atomic mass is 19.4. The van der Waals surface area contributed by atoms with Gasteiger partial charge in [-0.1, -0.05) is 30.3 Å². The molecule has 0 radical (unpaired) electrons. The molecule has 1 aromatic rings. The Morgan fingerprint density at radius 1 is 1.22 bits per heavy atom. The van der Waals surface area contributed by atoms with E-state index in [1.54, 1.807) is 6.07 Å². The molecule has 1 atom stereocenters. The van der Waals surface area contributed by atoms with Gasteiger partial charge in [-0.2, -0.15) is 23.7 Å². The molecule has 0 amide bonds. The number of hydrogen-bond acceptors (Lipinski definition) is 3. The average Bonchev–Trinajstić information content (AvgIpc) is 2.83. The van der Waals surface area contributed by atoms with Gasteiger partial charge in [0.15, 0.2) is 11.3 Å². The third-order valence-electron chi connectivity index (χ3n) is 3.50. The normalized spacial score (nSPS) is 20.3. The summed E-state index contributed by atoms with van der Waals surface area (Å²) >= 11 is 0. The van der Waals surface area contributed by atoms with Crippen LogP contribution in [0, 0.1) is 29.2 Å². The highest BCUT2D eigenvalue weighted by Gasteiger charge is 2.64. The first kappa shape index (κ1) is 16.1. The minimum absolute atomic E-state index is 0.226. The molecule has 0 saturated carbocycles. The first-order chi connectivity index (χ1) is 10.8. The van der Waals surface area contributed by atoms with Crippen LogP contribution in [0.3, 0.4) is 0 Å². The van der Waals surface area contributed by atoms with Crippen molar-refractivity contribution in [2.45, 2.75) is 18.7 Å². The fourth-order valence-corrected chi connectivity index (χ4v) is 2.43. The van der Waals surface area contributed by atoms with Crippen LogP contribution in [-0.2, 0) is 10.3 Å². The number of benzene rings is 1. The lowest BCUT2D eigenvalue weighted by Crippen LogP contribution is -2.43. The van der Waals surface area contributed by atoms with Gasteiger partial charge in [0.2, 0.25) is 11.3 Å². The van der Waals surface area contributed by atoms with E-state index < -0.39 is 34.4 Å². The van der Waals surface area contributed by atoms with Crippen LogP contribution in [0.4, 0.5) is 13.2 Å². The van der Waals surface area contributed by atoms with Gasteiger partial charge in [-0.25, -0.2) is 4.85 Å². The second kappa shape index (κ2) is 5.51. The summed E-state index contributed by atoms with van der Waals surface area (Å²) in [6.45, 7) is 8.23. The maximum atomic E-state index is 13.9. The van der Waals surface area contributed by atoms with Crippen LogP contribution in [0.1, 0.15) is 12.5 Å².